The van der Waals surface area contributed by atoms with Crippen molar-refractivity contribution in [2.75, 3.05) is 12.4 Å². The Morgan fingerprint density at radius 2 is 1.96 bits per heavy atom. The number of esters is 1. The summed E-state index contributed by atoms with van der Waals surface area (Å²) in [4.78, 5) is 29.7. The molecule has 0 saturated carbocycles. The van der Waals surface area contributed by atoms with Crippen LogP contribution in [0.2, 0.25) is 0 Å². The molecule has 0 fully saturated rings. The highest BCUT2D eigenvalue weighted by Crippen LogP contribution is 2.40. The van der Waals surface area contributed by atoms with Gasteiger partial charge in [-0.05, 0) is 26.3 Å². The van der Waals surface area contributed by atoms with Crippen molar-refractivity contribution in [3.8, 4) is 0 Å². The second-order valence-electron chi connectivity index (χ2n) is 5.96. The van der Waals surface area contributed by atoms with E-state index >= 15 is 0 Å². The predicted molar refractivity (Wildman–Crippen MR) is 104 cm³/mol. The molecule has 0 aliphatic carbocycles. The van der Waals surface area contributed by atoms with Crippen LogP contribution in [0.5, 0.6) is 0 Å². The molecule has 1 aromatic rings. The fourth-order valence-electron chi connectivity index (χ4n) is 3.19. The van der Waals surface area contributed by atoms with E-state index in [4.69, 9.17) is 15.9 Å². The summed E-state index contributed by atoms with van der Waals surface area (Å²) in [5.41, 5.74) is 7.84. The Morgan fingerprint density at radius 1 is 1.31 bits per heavy atom. The maximum atomic E-state index is 12.8. The standard InChI is InChI=1S/C19H23N3O3S/c1-4-25-18(24)17-14(10-26-19(20)21)22-11(2)15(12(3)23)16(17)13-8-6-5-7-9-13/h5-9,15-16H,4,10H2,1-3H3,(H3,20,21). The third-order valence-corrected chi connectivity index (χ3v) is 4.90. The van der Waals surface area contributed by atoms with E-state index in [0.717, 1.165) is 17.3 Å². The summed E-state index contributed by atoms with van der Waals surface area (Å²) in [7, 11) is 0. The third-order valence-electron chi connectivity index (χ3n) is 4.17. The van der Waals surface area contributed by atoms with Gasteiger partial charge in [0, 0.05) is 17.4 Å². The van der Waals surface area contributed by atoms with Crippen molar-refractivity contribution in [2.24, 2.45) is 16.6 Å². The van der Waals surface area contributed by atoms with Crippen LogP contribution in [0.15, 0.2) is 46.6 Å². The normalized spacial score (nSPS) is 19.7. The van der Waals surface area contributed by atoms with Crippen molar-refractivity contribution in [1.82, 2.24) is 0 Å². The number of carbonyl (C=O) groups excluding carboxylic acids is 2. The van der Waals surface area contributed by atoms with E-state index in [-0.39, 0.29) is 23.3 Å². The summed E-state index contributed by atoms with van der Waals surface area (Å²) in [5.74, 6) is -1.26. The molecule has 1 aliphatic heterocycles. The molecular weight excluding hydrogens is 350 g/mol. The molecule has 0 radical (unpaired) electrons. The van der Waals surface area contributed by atoms with Crippen molar-refractivity contribution >= 4 is 34.4 Å². The van der Waals surface area contributed by atoms with Gasteiger partial charge < -0.3 is 10.5 Å². The number of Topliss-reactive ketones (excluding diaryl/α,β-unsaturated/α-hetero) is 1. The van der Waals surface area contributed by atoms with E-state index in [0.29, 0.717) is 17.0 Å². The molecule has 1 aliphatic rings. The highest BCUT2D eigenvalue weighted by molar-refractivity contribution is 8.13. The Labute approximate surface area is 157 Å². The number of nitrogens with two attached hydrogens (primary N) is 1. The Morgan fingerprint density at radius 3 is 2.50 bits per heavy atom. The molecule has 0 spiro atoms. The average Bonchev–Trinajstić information content (AvgIpc) is 2.59. The number of nitrogens with zero attached hydrogens (tertiary/aromatic N) is 1. The lowest BCUT2D eigenvalue weighted by Gasteiger charge is -2.32. The van der Waals surface area contributed by atoms with Gasteiger partial charge in [-0.3, -0.25) is 15.2 Å². The number of hydrogen-bond donors (Lipinski definition) is 2. The summed E-state index contributed by atoms with van der Waals surface area (Å²) in [5, 5.41) is 7.38. The van der Waals surface area contributed by atoms with Gasteiger partial charge in [-0.1, -0.05) is 42.1 Å². The van der Waals surface area contributed by atoms with E-state index in [9.17, 15) is 9.59 Å². The van der Waals surface area contributed by atoms with E-state index in [1.165, 1.54) is 6.92 Å². The number of ether oxygens (including phenoxy) is 1. The maximum Gasteiger partial charge on any atom is 0.336 e. The maximum absolute atomic E-state index is 12.8. The van der Waals surface area contributed by atoms with E-state index in [1.54, 1.807) is 13.8 Å². The van der Waals surface area contributed by atoms with Crippen LogP contribution in [0, 0.1) is 11.3 Å². The van der Waals surface area contributed by atoms with Crippen LogP contribution in [-0.2, 0) is 14.3 Å². The van der Waals surface area contributed by atoms with Gasteiger partial charge in [0.25, 0.3) is 0 Å². The second kappa shape index (κ2) is 8.80. The van der Waals surface area contributed by atoms with E-state index in [2.05, 4.69) is 4.99 Å². The molecule has 1 aromatic carbocycles. The van der Waals surface area contributed by atoms with Gasteiger partial charge in [-0.25, -0.2) is 4.79 Å². The number of amidine groups is 1. The van der Waals surface area contributed by atoms with Gasteiger partial charge in [0.05, 0.1) is 23.8 Å². The van der Waals surface area contributed by atoms with Crippen LogP contribution >= 0.6 is 11.8 Å². The number of nitrogens with one attached hydrogen (secondary N) is 1. The first-order valence-corrected chi connectivity index (χ1v) is 9.32. The zero-order valence-corrected chi connectivity index (χ0v) is 15.9. The minimum absolute atomic E-state index is 0.0554. The van der Waals surface area contributed by atoms with Crippen molar-refractivity contribution in [3.63, 3.8) is 0 Å². The molecule has 2 rings (SSSR count). The number of thioether (sulfide) groups is 1. The molecular formula is C19H23N3O3S. The smallest absolute Gasteiger partial charge is 0.336 e. The lowest BCUT2D eigenvalue weighted by molar-refractivity contribution is -0.139. The topological polar surface area (TPSA) is 106 Å². The van der Waals surface area contributed by atoms with Gasteiger partial charge in [0.1, 0.15) is 5.78 Å². The van der Waals surface area contributed by atoms with Crippen LogP contribution in [0.25, 0.3) is 0 Å². The highest BCUT2D eigenvalue weighted by Gasteiger charge is 2.40. The van der Waals surface area contributed by atoms with E-state index < -0.39 is 17.8 Å². The Bertz CT molecular complexity index is 771. The zero-order chi connectivity index (χ0) is 19.3. The minimum atomic E-state index is -0.525. The molecule has 0 saturated heterocycles. The van der Waals surface area contributed by atoms with Gasteiger partial charge >= 0.3 is 5.97 Å². The number of benzene rings is 1. The average molecular weight is 373 g/mol. The third kappa shape index (κ3) is 4.40. The van der Waals surface area contributed by atoms with Crippen LogP contribution in [0.4, 0.5) is 0 Å². The molecule has 0 amide bonds. The lowest BCUT2D eigenvalue weighted by Crippen LogP contribution is -2.35. The van der Waals surface area contributed by atoms with Crippen LogP contribution < -0.4 is 5.73 Å². The summed E-state index contributed by atoms with van der Waals surface area (Å²) in [6, 6.07) is 9.43. The molecule has 26 heavy (non-hydrogen) atoms. The first kappa shape index (κ1) is 19.9. The largest absolute Gasteiger partial charge is 0.463 e. The van der Waals surface area contributed by atoms with Crippen LogP contribution in [0.3, 0.4) is 0 Å². The fraction of sp³-hybridized carbons (Fsp3) is 0.368. The lowest BCUT2D eigenvalue weighted by atomic mass is 9.74. The predicted octanol–water partition coefficient (Wildman–Crippen LogP) is 2.89. The number of rotatable bonds is 6. The molecule has 1 heterocycles. The first-order chi connectivity index (χ1) is 12.4. The molecule has 138 valence electrons. The monoisotopic (exact) mass is 373 g/mol. The molecule has 7 heteroatoms. The molecule has 0 aromatic heterocycles. The molecule has 2 atom stereocenters. The van der Waals surface area contributed by atoms with Crippen LogP contribution in [-0.4, -0.2) is 35.0 Å². The van der Waals surface area contributed by atoms with Crippen LogP contribution in [0.1, 0.15) is 32.3 Å². The van der Waals surface area contributed by atoms with Crippen molar-refractivity contribution < 1.29 is 14.3 Å². The highest BCUT2D eigenvalue weighted by atomic mass is 32.2. The quantitative estimate of drug-likeness (QED) is 0.453. The minimum Gasteiger partial charge on any atom is -0.463 e. The first-order valence-electron chi connectivity index (χ1n) is 8.34. The number of carbonyl (C=O) groups is 2. The van der Waals surface area contributed by atoms with Crippen molar-refractivity contribution in [3.05, 3.63) is 47.2 Å². The number of hydrogen-bond acceptors (Lipinski definition) is 6. The van der Waals surface area contributed by atoms with Gasteiger partial charge in [-0.2, -0.15) is 0 Å². The number of aliphatic imine (C=N–C) groups is 1. The Kier molecular flexibility index (Phi) is 6.74. The molecule has 6 nitrogen and oxygen atoms in total. The second-order valence-corrected chi connectivity index (χ2v) is 6.98. The zero-order valence-electron chi connectivity index (χ0n) is 15.1. The fourth-order valence-corrected chi connectivity index (χ4v) is 3.70. The summed E-state index contributed by atoms with van der Waals surface area (Å²) >= 11 is 1.09. The van der Waals surface area contributed by atoms with Gasteiger partial charge in [0.2, 0.25) is 0 Å². The van der Waals surface area contributed by atoms with Gasteiger partial charge in [-0.15, -0.1) is 0 Å². The molecule has 0 bridgehead atoms. The Balaban J connectivity index is 2.64. The van der Waals surface area contributed by atoms with Crippen molar-refractivity contribution in [2.45, 2.75) is 26.7 Å². The summed E-state index contributed by atoms with van der Waals surface area (Å²) < 4.78 is 5.26. The summed E-state index contributed by atoms with van der Waals surface area (Å²) in [6.07, 6.45) is 0. The SMILES string of the molecule is CCOC(=O)C1=C(CSC(=N)N)N=C(C)C(C(C)=O)C1c1ccccc1. The summed E-state index contributed by atoms with van der Waals surface area (Å²) in [6.45, 7) is 5.27. The van der Waals surface area contributed by atoms with Gasteiger partial charge in [0.15, 0.2) is 5.17 Å². The van der Waals surface area contributed by atoms with E-state index in [1.807, 2.05) is 30.3 Å². The molecule has 3 N–H and O–H groups in total. The molecule has 2 unspecified atom stereocenters. The number of ketones is 1. The van der Waals surface area contributed by atoms with Crippen molar-refractivity contribution in [1.29, 1.82) is 5.41 Å². The Hall–Kier alpha value is -2.41.